The van der Waals surface area contributed by atoms with E-state index in [1.807, 2.05) is 6.92 Å². The third kappa shape index (κ3) is 3.40. The number of halogens is 2. The Morgan fingerprint density at radius 3 is 2.81 bits per heavy atom. The van der Waals surface area contributed by atoms with E-state index in [0.29, 0.717) is 5.82 Å². The molecule has 0 aliphatic carbocycles. The Morgan fingerprint density at radius 1 is 1.52 bits per heavy atom. The summed E-state index contributed by atoms with van der Waals surface area (Å²) in [5.41, 5.74) is 0.676. The molecule has 2 N–H and O–H groups in total. The minimum atomic E-state index is -1.62. The van der Waals surface area contributed by atoms with Gasteiger partial charge >= 0.3 is 0 Å². The van der Waals surface area contributed by atoms with Gasteiger partial charge in [0.15, 0.2) is 6.10 Å². The van der Waals surface area contributed by atoms with Crippen LogP contribution in [-0.2, 0) is 18.3 Å². The highest BCUT2D eigenvalue weighted by Crippen LogP contribution is 2.22. The lowest BCUT2D eigenvalue weighted by molar-refractivity contribution is -0.124. The molecular formula is C14H15ClFN3O2. The smallest absolute Gasteiger partial charge is 0.259 e. The predicted molar refractivity (Wildman–Crippen MR) is 77.6 cm³/mol. The maximum Gasteiger partial charge on any atom is 0.259 e. The summed E-state index contributed by atoms with van der Waals surface area (Å²) < 4.78 is 15.2. The van der Waals surface area contributed by atoms with Crippen LogP contribution in [0.25, 0.3) is 0 Å². The minimum Gasteiger partial charge on any atom is -0.378 e. The van der Waals surface area contributed by atoms with Crippen LogP contribution >= 0.6 is 11.6 Å². The molecule has 112 valence electrons. The number of hydrogen-bond acceptors (Lipinski definition) is 3. The zero-order valence-electron chi connectivity index (χ0n) is 11.6. The second-order valence-electron chi connectivity index (χ2n) is 4.56. The van der Waals surface area contributed by atoms with Gasteiger partial charge < -0.3 is 10.4 Å². The van der Waals surface area contributed by atoms with Crippen molar-refractivity contribution in [3.05, 3.63) is 46.4 Å². The van der Waals surface area contributed by atoms with Crippen molar-refractivity contribution >= 4 is 23.3 Å². The summed E-state index contributed by atoms with van der Waals surface area (Å²) in [6.07, 6.45) is -0.903. The number of amides is 1. The van der Waals surface area contributed by atoms with Crippen molar-refractivity contribution in [1.82, 2.24) is 9.78 Å². The SMILES string of the molecule is CCc1cc(NC(=O)C(O)c2ccc(Cl)cc2F)n(C)n1. The summed E-state index contributed by atoms with van der Waals surface area (Å²) >= 11 is 5.64. The Labute approximate surface area is 126 Å². The van der Waals surface area contributed by atoms with E-state index in [-0.39, 0.29) is 10.6 Å². The standard InChI is InChI=1S/C14H15ClFN3O2/c1-3-9-7-12(19(2)18-9)17-14(21)13(20)10-5-4-8(15)6-11(10)16/h4-7,13,20H,3H2,1-2H3,(H,17,21). The van der Waals surface area contributed by atoms with Gasteiger partial charge in [-0.15, -0.1) is 0 Å². The van der Waals surface area contributed by atoms with Gasteiger partial charge in [-0.2, -0.15) is 5.10 Å². The van der Waals surface area contributed by atoms with Crippen molar-refractivity contribution in [2.75, 3.05) is 5.32 Å². The van der Waals surface area contributed by atoms with Crippen molar-refractivity contribution in [1.29, 1.82) is 0 Å². The van der Waals surface area contributed by atoms with Gasteiger partial charge in [0.05, 0.1) is 5.69 Å². The van der Waals surface area contributed by atoms with Crippen LogP contribution in [0.1, 0.15) is 24.3 Å². The lowest BCUT2D eigenvalue weighted by Crippen LogP contribution is -2.23. The minimum absolute atomic E-state index is 0.130. The van der Waals surface area contributed by atoms with Crippen molar-refractivity contribution in [2.24, 2.45) is 7.05 Å². The highest BCUT2D eigenvalue weighted by atomic mass is 35.5. The number of carbonyl (C=O) groups excluding carboxylic acids is 1. The molecule has 1 atom stereocenters. The highest BCUT2D eigenvalue weighted by molar-refractivity contribution is 6.30. The first-order valence-corrected chi connectivity index (χ1v) is 6.77. The molecule has 0 radical (unpaired) electrons. The number of anilines is 1. The van der Waals surface area contributed by atoms with E-state index in [1.165, 1.54) is 16.8 Å². The van der Waals surface area contributed by atoms with Crippen LogP contribution in [0, 0.1) is 5.82 Å². The molecule has 2 rings (SSSR count). The van der Waals surface area contributed by atoms with Crippen LogP contribution < -0.4 is 5.32 Å². The van der Waals surface area contributed by atoms with Crippen LogP contribution in [0.3, 0.4) is 0 Å². The van der Waals surface area contributed by atoms with E-state index in [4.69, 9.17) is 11.6 Å². The molecular weight excluding hydrogens is 297 g/mol. The monoisotopic (exact) mass is 311 g/mol. The molecule has 1 aromatic heterocycles. The van der Waals surface area contributed by atoms with E-state index in [9.17, 15) is 14.3 Å². The Hall–Kier alpha value is -1.92. The number of aryl methyl sites for hydroxylation is 2. The van der Waals surface area contributed by atoms with E-state index < -0.39 is 17.8 Å². The fraction of sp³-hybridized carbons (Fsp3) is 0.286. The Morgan fingerprint density at radius 2 is 2.24 bits per heavy atom. The lowest BCUT2D eigenvalue weighted by Gasteiger charge is -2.12. The molecule has 0 aliphatic heterocycles. The third-order valence-electron chi connectivity index (χ3n) is 3.05. The lowest BCUT2D eigenvalue weighted by atomic mass is 10.1. The molecule has 1 aromatic carbocycles. The molecule has 0 fully saturated rings. The normalized spacial score (nSPS) is 12.2. The van der Waals surface area contributed by atoms with Gasteiger partial charge in [-0.05, 0) is 18.6 Å². The fourth-order valence-electron chi connectivity index (χ4n) is 1.88. The predicted octanol–water partition coefficient (Wildman–Crippen LogP) is 2.45. The summed E-state index contributed by atoms with van der Waals surface area (Å²) in [7, 11) is 1.67. The fourth-order valence-corrected chi connectivity index (χ4v) is 2.03. The Bertz CT molecular complexity index is 672. The van der Waals surface area contributed by atoms with Gasteiger partial charge in [0.1, 0.15) is 11.6 Å². The molecule has 21 heavy (non-hydrogen) atoms. The number of aromatic nitrogens is 2. The van der Waals surface area contributed by atoms with Crippen LogP contribution in [0.2, 0.25) is 5.02 Å². The molecule has 7 heteroatoms. The largest absolute Gasteiger partial charge is 0.378 e. The molecule has 1 unspecified atom stereocenters. The number of nitrogens with one attached hydrogen (secondary N) is 1. The number of aliphatic hydroxyl groups excluding tert-OH is 1. The Balaban J connectivity index is 2.17. The van der Waals surface area contributed by atoms with Crippen LogP contribution in [-0.4, -0.2) is 20.8 Å². The summed E-state index contributed by atoms with van der Waals surface area (Å²) in [6, 6.07) is 5.44. The summed E-state index contributed by atoms with van der Waals surface area (Å²) in [6.45, 7) is 1.94. The molecule has 2 aromatic rings. The van der Waals surface area contributed by atoms with Gasteiger partial charge in [0, 0.05) is 23.7 Å². The molecule has 0 spiro atoms. The van der Waals surface area contributed by atoms with Crippen LogP contribution in [0.5, 0.6) is 0 Å². The quantitative estimate of drug-likeness (QED) is 0.911. The van der Waals surface area contributed by atoms with Gasteiger partial charge in [-0.25, -0.2) is 4.39 Å². The molecule has 1 amide bonds. The number of nitrogens with zero attached hydrogens (tertiary/aromatic N) is 2. The number of hydrogen-bond donors (Lipinski definition) is 2. The van der Waals surface area contributed by atoms with E-state index in [1.54, 1.807) is 13.1 Å². The van der Waals surface area contributed by atoms with Crippen molar-refractivity contribution in [3.63, 3.8) is 0 Å². The first-order chi connectivity index (χ1) is 9.92. The van der Waals surface area contributed by atoms with Crippen molar-refractivity contribution in [2.45, 2.75) is 19.4 Å². The second kappa shape index (κ2) is 6.24. The van der Waals surface area contributed by atoms with Gasteiger partial charge in [0.2, 0.25) is 0 Å². The van der Waals surface area contributed by atoms with Gasteiger partial charge in [-0.3, -0.25) is 9.48 Å². The summed E-state index contributed by atoms with van der Waals surface area (Å²) in [4.78, 5) is 12.0. The van der Waals surface area contributed by atoms with E-state index >= 15 is 0 Å². The maximum atomic E-state index is 13.7. The molecule has 5 nitrogen and oxygen atoms in total. The molecule has 0 saturated carbocycles. The molecule has 0 saturated heterocycles. The zero-order chi connectivity index (χ0) is 15.6. The number of aliphatic hydroxyl groups is 1. The molecule has 1 heterocycles. The number of rotatable bonds is 4. The van der Waals surface area contributed by atoms with Gasteiger partial charge in [-0.1, -0.05) is 24.6 Å². The number of carbonyl (C=O) groups is 1. The van der Waals surface area contributed by atoms with Crippen molar-refractivity contribution in [3.8, 4) is 0 Å². The summed E-state index contributed by atoms with van der Waals surface area (Å²) in [5.74, 6) is -1.03. The Kier molecular flexibility index (Phi) is 4.59. The summed E-state index contributed by atoms with van der Waals surface area (Å²) in [5, 5.41) is 16.8. The second-order valence-corrected chi connectivity index (χ2v) is 4.99. The van der Waals surface area contributed by atoms with E-state index in [0.717, 1.165) is 18.2 Å². The van der Waals surface area contributed by atoms with E-state index in [2.05, 4.69) is 10.4 Å². The van der Waals surface area contributed by atoms with Crippen LogP contribution in [0.4, 0.5) is 10.2 Å². The average molecular weight is 312 g/mol. The maximum absolute atomic E-state index is 13.7. The highest BCUT2D eigenvalue weighted by Gasteiger charge is 2.22. The first kappa shape index (κ1) is 15.5. The third-order valence-corrected chi connectivity index (χ3v) is 3.28. The van der Waals surface area contributed by atoms with Crippen molar-refractivity contribution < 1.29 is 14.3 Å². The average Bonchev–Trinajstić information content (AvgIpc) is 2.78. The van der Waals surface area contributed by atoms with Crippen LogP contribution in [0.15, 0.2) is 24.3 Å². The molecule has 0 aliphatic rings. The topological polar surface area (TPSA) is 67.2 Å². The molecule has 0 bridgehead atoms. The first-order valence-electron chi connectivity index (χ1n) is 6.39. The zero-order valence-corrected chi connectivity index (χ0v) is 12.4. The number of benzene rings is 1. The van der Waals surface area contributed by atoms with Gasteiger partial charge in [0.25, 0.3) is 5.91 Å².